The number of rotatable bonds is 0. The Balaban J connectivity index is 0.000000410. The molecule has 4 aromatic rings. The predicted molar refractivity (Wildman–Crippen MR) is 132 cm³/mol. The normalized spacial score (nSPS) is 8.85. The molecule has 4 nitrogen and oxygen atoms in total. The minimum Gasteiger partial charge on any atom is -0.506 e. The number of benzene rings is 4. The molecule has 0 fully saturated rings. The van der Waals surface area contributed by atoms with Crippen molar-refractivity contribution in [2.24, 2.45) is 0 Å². The molecule has 4 aromatic carbocycles. The summed E-state index contributed by atoms with van der Waals surface area (Å²) in [6.07, 6.45) is 0. The van der Waals surface area contributed by atoms with Crippen LogP contribution in [0.5, 0.6) is 23.0 Å². The smallest absolute Gasteiger partial charge is 0.134 e. The molecule has 0 saturated carbocycles. The maximum atomic E-state index is 8.79. The van der Waals surface area contributed by atoms with E-state index in [1.54, 1.807) is 97.1 Å². The van der Waals surface area contributed by atoms with Crippen molar-refractivity contribution in [3.05, 3.63) is 117 Å². The molecule has 0 aromatic heterocycles. The van der Waals surface area contributed by atoms with Crippen molar-refractivity contribution in [3.63, 3.8) is 0 Å². The van der Waals surface area contributed by atoms with Gasteiger partial charge < -0.3 is 20.4 Å². The fraction of sp³-hybridized carbons (Fsp3) is 0. The quantitative estimate of drug-likeness (QED) is 0.140. The molecule has 0 spiro atoms. The van der Waals surface area contributed by atoms with Gasteiger partial charge in [0.1, 0.15) is 23.0 Å². The molecular formula is C24H20Cl4HfO4. The molecule has 4 N–H and O–H groups in total. The average Bonchev–Trinajstić information content (AvgIpc) is 2.78. The van der Waals surface area contributed by atoms with E-state index in [1.807, 2.05) is 0 Å². The molecule has 0 radical (unpaired) electrons. The molecule has 0 aliphatic carbocycles. The third kappa shape index (κ3) is 13.4. The molecule has 0 amide bonds. The Morgan fingerprint density at radius 2 is 0.485 bits per heavy atom. The van der Waals surface area contributed by atoms with E-state index in [1.165, 1.54) is 0 Å². The maximum absolute atomic E-state index is 8.79. The van der Waals surface area contributed by atoms with Crippen molar-refractivity contribution >= 4 is 46.4 Å². The van der Waals surface area contributed by atoms with Crippen LogP contribution in [0.15, 0.2) is 97.1 Å². The van der Waals surface area contributed by atoms with Gasteiger partial charge in [0.15, 0.2) is 0 Å². The Labute approximate surface area is 231 Å². The molecule has 4 rings (SSSR count). The van der Waals surface area contributed by atoms with E-state index in [4.69, 9.17) is 66.8 Å². The molecule has 0 bridgehead atoms. The van der Waals surface area contributed by atoms with Gasteiger partial charge >= 0.3 is 0 Å². The van der Waals surface area contributed by atoms with Gasteiger partial charge in [0, 0.05) is 25.8 Å². The number of halogens is 4. The first-order valence-electron chi connectivity index (χ1n) is 8.96. The zero-order chi connectivity index (χ0) is 23.9. The monoisotopic (exact) mass is 692 g/mol. The third-order valence-corrected chi connectivity index (χ3v) is 4.69. The molecular weight excluding hydrogens is 673 g/mol. The van der Waals surface area contributed by atoms with E-state index in [9.17, 15) is 0 Å². The number of para-hydroxylation sites is 4. The fourth-order valence-electron chi connectivity index (χ4n) is 1.81. The summed E-state index contributed by atoms with van der Waals surface area (Å²) in [4.78, 5) is 0. The summed E-state index contributed by atoms with van der Waals surface area (Å²) in [6, 6.07) is 26.7. The summed E-state index contributed by atoms with van der Waals surface area (Å²) in [5, 5.41) is 36.7. The fourth-order valence-corrected chi connectivity index (χ4v) is 2.35. The minimum absolute atomic E-state index is 0. The molecule has 172 valence electrons. The average molecular weight is 693 g/mol. The first-order chi connectivity index (χ1) is 15.2. The van der Waals surface area contributed by atoms with Crippen molar-refractivity contribution in [3.8, 4) is 23.0 Å². The summed E-state index contributed by atoms with van der Waals surface area (Å²) < 4.78 is 0. The molecule has 9 heteroatoms. The second-order valence-corrected chi connectivity index (χ2v) is 7.43. The molecule has 0 unspecified atom stereocenters. The molecule has 0 atom stereocenters. The number of aromatic hydroxyl groups is 4. The van der Waals surface area contributed by atoms with Crippen molar-refractivity contribution < 1.29 is 46.3 Å². The standard InChI is InChI=1S/4C6H5ClO.Hf/c4*7-5-3-1-2-4-6(5)8;/h4*1-4,8H;. The van der Waals surface area contributed by atoms with Gasteiger partial charge in [-0.2, -0.15) is 0 Å². The Morgan fingerprint density at radius 3 is 0.576 bits per heavy atom. The molecule has 0 saturated heterocycles. The third-order valence-electron chi connectivity index (χ3n) is 3.41. The molecule has 0 aliphatic heterocycles. The number of hydrogen-bond donors (Lipinski definition) is 4. The van der Waals surface area contributed by atoms with Crippen LogP contribution in [0, 0.1) is 0 Å². The topological polar surface area (TPSA) is 80.9 Å². The van der Waals surface area contributed by atoms with Crippen molar-refractivity contribution in [2.45, 2.75) is 0 Å². The number of phenols is 4. The molecule has 0 heterocycles. The van der Waals surface area contributed by atoms with Crippen molar-refractivity contribution in [1.82, 2.24) is 0 Å². The Morgan fingerprint density at radius 1 is 0.333 bits per heavy atom. The van der Waals surface area contributed by atoms with E-state index in [0.717, 1.165) is 0 Å². The van der Waals surface area contributed by atoms with E-state index in [-0.39, 0.29) is 48.8 Å². The van der Waals surface area contributed by atoms with Crippen molar-refractivity contribution in [2.75, 3.05) is 0 Å². The van der Waals surface area contributed by atoms with Gasteiger partial charge in [0.2, 0.25) is 0 Å². The summed E-state index contributed by atoms with van der Waals surface area (Å²) in [5.41, 5.74) is 0. The number of hydrogen-bond acceptors (Lipinski definition) is 4. The molecule has 33 heavy (non-hydrogen) atoms. The van der Waals surface area contributed by atoms with Crippen LogP contribution in [0.4, 0.5) is 0 Å². The second-order valence-electron chi connectivity index (χ2n) is 5.81. The largest absolute Gasteiger partial charge is 0.506 e. The summed E-state index contributed by atoms with van der Waals surface area (Å²) in [7, 11) is 0. The van der Waals surface area contributed by atoms with Gasteiger partial charge in [-0.25, -0.2) is 0 Å². The van der Waals surface area contributed by atoms with Gasteiger partial charge in [-0.3, -0.25) is 0 Å². The van der Waals surface area contributed by atoms with Crippen LogP contribution in [0.3, 0.4) is 0 Å². The van der Waals surface area contributed by atoms with E-state index >= 15 is 0 Å². The van der Waals surface area contributed by atoms with Crippen LogP contribution in [-0.4, -0.2) is 20.4 Å². The van der Waals surface area contributed by atoms with Gasteiger partial charge in [-0.1, -0.05) is 94.9 Å². The predicted octanol–water partition coefficient (Wildman–Crippen LogP) is 8.18. The van der Waals surface area contributed by atoms with Crippen LogP contribution >= 0.6 is 46.4 Å². The summed E-state index contributed by atoms with van der Waals surface area (Å²) >= 11 is 21.8. The van der Waals surface area contributed by atoms with E-state index in [2.05, 4.69) is 0 Å². The van der Waals surface area contributed by atoms with Gasteiger partial charge in [-0.05, 0) is 48.5 Å². The van der Waals surface area contributed by atoms with Crippen LogP contribution in [0.25, 0.3) is 0 Å². The summed E-state index contributed by atoms with van der Waals surface area (Å²) in [6.45, 7) is 0. The Kier molecular flexibility index (Phi) is 16.6. The number of phenolic OH excluding ortho intramolecular Hbond substituents is 4. The van der Waals surface area contributed by atoms with E-state index in [0.29, 0.717) is 20.1 Å². The van der Waals surface area contributed by atoms with Crippen LogP contribution in [-0.2, 0) is 25.8 Å². The summed E-state index contributed by atoms with van der Waals surface area (Å²) in [5.74, 6) is 0.534. The van der Waals surface area contributed by atoms with Gasteiger partial charge in [-0.15, -0.1) is 0 Å². The molecule has 0 aliphatic rings. The minimum atomic E-state index is 0. The Hall–Kier alpha value is -1.89. The zero-order valence-corrected chi connectivity index (χ0v) is 23.7. The zero-order valence-electron chi connectivity index (χ0n) is 17.0. The first kappa shape index (κ1) is 31.1. The van der Waals surface area contributed by atoms with Crippen LogP contribution in [0.1, 0.15) is 0 Å². The Bertz CT molecular complexity index is 839. The van der Waals surface area contributed by atoms with Crippen LogP contribution < -0.4 is 0 Å². The van der Waals surface area contributed by atoms with E-state index < -0.39 is 0 Å². The first-order valence-corrected chi connectivity index (χ1v) is 10.5. The van der Waals surface area contributed by atoms with Gasteiger partial charge in [0.05, 0.1) is 20.1 Å². The van der Waals surface area contributed by atoms with Gasteiger partial charge in [0.25, 0.3) is 0 Å². The SMILES string of the molecule is Oc1ccccc1Cl.Oc1ccccc1Cl.Oc1ccccc1Cl.Oc1ccccc1Cl.[Hf]. The van der Waals surface area contributed by atoms with Crippen molar-refractivity contribution in [1.29, 1.82) is 0 Å². The van der Waals surface area contributed by atoms with Crippen LogP contribution in [0.2, 0.25) is 20.1 Å². The second kappa shape index (κ2) is 17.6. The maximum Gasteiger partial charge on any atom is 0.134 e.